The minimum atomic E-state index is -4.89. The molecule has 2 radical (unpaired) electrons. The molecule has 28 heteroatoms. The van der Waals surface area contributed by atoms with E-state index in [1.54, 1.807) is 6.07 Å². The number of hydrogen-bond donors (Lipinski definition) is 0. The Morgan fingerprint density at radius 1 is 0.261 bits per heavy atom. The number of hydrogen-bond acceptors (Lipinski definition) is 18. The molecule has 0 saturated carbocycles. The maximum atomic E-state index is 12.4. The Morgan fingerprint density at radius 2 is 0.511 bits per heavy atom. The molecule has 22 nitrogen and oxygen atoms in total. The predicted octanol–water partition coefficient (Wildman–Crippen LogP) is 4.07. The van der Waals surface area contributed by atoms with Crippen molar-refractivity contribution in [1.82, 2.24) is 79.7 Å². The maximum Gasteiger partial charge on any atom is 2.00 e. The van der Waals surface area contributed by atoms with Crippen LogP contribution in [0.5, 0.6) is 0 Å². The fraction of sp³-hybridized carbons (Fsp3) is 0. The molecule has 434 valence electrons. The summed E-state index contributed by atoms with van der Waals surface area (Å²) < 4.78 is 73.0. The number of benzene rings is 8. The van der Waals surface area contributed by atoms with Crippen LogP contribution in [0.2, 0.25) is 0 Å². The molecular weight excluding hydrogens is 1320 g/mol. The number of nitrogens with zero attached hydrogens (tertiary/aromatic N) is 16. The third-order valence-electron chi connectivity index (χ3n) is 15.4. The maximum absolute atomic E-state index is 12.4. The van der Waals surface area contributed by atoms with Gasteiger partial charge in [-0.05, 0) is 61.3 Å². The normalized spacial score (nSPS) is 11.8. The van der Waals surface area contributed by atoms with Crippen molar-refractivity contribution in [2.75, 3.05) is 0 Å². The van der Waals surface area contributed by atoms with E-state index in [9.17, 15) is 25.9 Å². The van der Waals surface area contributed by atoms with Crippen molar-refractivity contribution in [3.8, 4) is 91.1 Å². The molecular formula is C64H30Co2N16Na2O6S2. The first-order valence-electron chi connectivity index (χ1n) is 27.0. The molecule has 4 aliphatic rings. The molecule has 0 fully saturated rings. The van der Waals surface area contributed by atoms with Gasteiger partial charge in [0.15, 0.2) is 0 Å². The Hall–Kier alpha value is -8.69. The molecule has 0 N–H and O–H groups in total. The van der Waals surface area contributed by atoms with Gasteiger partial charge in [-0.15, -0.1) is 0 Å². The molecule has 18 rings (SSSR count). The molecule has 8 aromatic carbocycles. The van der Waals surface area contributed by atoms with Gasteiger partial charge < -0.3 is 68.9 Å². The summed E-state index contributed by atoms with van der Waals surface area (Å²) in [7, 11) is -9.63. The van der Waals surface area contributed by atoms with Crippen molar-refractivity contribution < 1.29 is 119 Å². The molecule has 0 amide bonds. The van der Waals surface area contributed by atoms with Gasteiger partial charge in [-0.3, -0.25) is 0 Å². The Morgan fingerprint density at radius 3 is 0.815 bits per heavy atom. The van der Waals surface area contributed by atoms with E-state index >= 15 is 0 Å². The molecule has 0 aliphatic carbocycles. The average molecular weight is 1350 g/mol. The van der Waals surface area contributed by atoms with Crippen LogP contribution >= 0.6 is 0 Å². The molecule has 0 atom stereocenters. The summed E-state index contributed by atoms with van der Waals surface area (Å²) in [6.07, 6.45) is 0. The molecule has 0 saturated heterocycles. The number of aromatic nitrogens is 16. The van der Waals surface area contributed by atoms with E-state index in [2.05, 4.69) is 4.98 Å². The van der Waals surface area contributed by atoms with E-state index in [0.717, 1.165) is 43.8 Å². The van der Waals surface area contributed by atoms with Crippen LogP contribution < -0.4 is 79.1 Å². The van der Waals surface area contributed by atoms with Crippen molar-refractivity contribution in [3.63, 3.8) is 0 Å². The first-order valence-corrected chi connectivity index (χ1v) is 29.8. The van der Waals surface area contributed by atoms with Gasteiger partial charge in [-0.25, -0.2) is 36.8 Å². The first-order chi connectivity index (χ1) is 42.8. The standard InChI is InChI=1S/2C32H16N8O3S.2Co.2Na/c41-44(42,43)23-15-7-14-22-24(23)32-39-30-21-13-6-5-12-20(21)28(37-30)35-26-17-9-2-1-8-16(17)25(33-26)34-27-18-10-3-4-11-19(18)29(36-27)38-31(22)40-32;41-44(42,43)16-13-14-23-24(15-16)32-39-30-22-12-6-5-11-21(22)28(37-30)35-26-18-8-2-1-7-17(18)25(33-26)34-27-19-9-3-4-10-20(19)29(36-27)38-31(23)40-32;;;;/h2*1-15H,(H-2,33,34,35,36,37,38,39,40,41,42,43);;;;/q2*-2;2*+2;2*+1/p-2. The first kappa shape index (κ1) is 62.1. The fourth-order valence-electron chi connectivity index (χ4n) is 11.4. The van der Waals surface area contributed by atoms with Crippen LogP contribution in [-0.2, 0) is 53.8 Å². The van der Waals surface area contributed by atoms with E-state index in [-0.39, 0.29) is 127 Å². The second-order valence-corrected chi connectivity index (χ2v) is 23.3. The van der Waals surface area contributed by atoms with Crippen LogP contribution in [0.1, 0.15) is 0 Å². The number of fused-ring (bicyclic) bond motifs is 40. The fourth-order valence-corrected chi connectivity index (χ4v) is 12.6. The molecule has 14 aromatic rings. The van der Waals surface area contributed by atoms with Crippen LogP contribution in [-0.4, -0.2) is 85.7 Å². The summed E-state index contributed by atoms with van der Waals surface area (Å²) in [5.74, 6) is 2.37. The van der Waals surface area contributed by atoms with E-state index < -0.39 is 30.0 Å². The Bertz CT molecular complexity index is 5960. The van der Waals surface area contributed by atoms with Crippen LogP contribution in [0.3, 0.4) is 0 Å². The Kier molecular flexibility index (Phi) is 16.1. The molecule has 4 aliphatic heterocycles. The van der Waals surface area contributed by atoms with Crippen LogP contribution in [0.15, 0.2) is 192 Å². The molecule has 10 heterocycles. The number of rotatable bonds is 2. The summed E-state index contributed by atoms with van der Waals surface area (Å²) >= 11 is 0. The monoisotopic (exact) mass is 1350 g/mol. The van der Waals surface area contributed by atoms with Crippen LogP contribution in [0, 0.1) is 0 Å². The summed E-state index contributed by atoms with van der Waals surface area (Å²) in [5.41, 5.74) is 7.36. The van der Waals surface area contributed by atoms with Gasteiger partial charge in [0.2, 0.25) is 0 Å². The summed E-state index contributed by atoms with van der Waals surface area (Å²) in [6, 6.07) is 53.8. The third kappa shape index (κ3) is 10.4. The Labute approximate surface area is 584 Å². The zero-order valence-corrected chi connectivity index (χ0v) is 55.1. The van der Waals surface area contributed by atoms with Gasteiger partial charge in [-0.1, -0.05) is 164 Å². The van der Waals surface area contributed by atoms with Gasteiger partial charge in [0, 0.05) is 89.7 Å². The zero-order chi connectivity index (χ0) is 59.2. The quantitative estimate of drug-likeness (QED) is 0.174. The van der Waals surface area contributed by atoms with Crippen molar-refractivity contribution in [1.29, 1.82) is 0 Å². The van der Waals surface area contributed by atoms with Crippen LogP contribution in [0.4, 0.5) is 0 Å². The van der Waals surface area contributed by atoms with E-state index in [1.165, 1.54) is 30.3 Å². The van der Waals surface area contributed by atoms with Crippen molar-refractivity contribution in [3.05, 3.63) is 182 Å². The summed E-state index contributed by atoms with van der Waals surface area (Å²) in [4.78, 5) is 75.7. The van der Waals surface area contributed by atoms with Gasteiger partial charge in [0.25, 0.3) is 0 Å². The largest absolute Gasteiger partial charge is 2.00 e. The predicted molar refractivity (Wildman–Crippen MR) is 324 cm³/mol. The second-order valence-electron chi connectivity index (χ2n) is 20.5. The minimum Gasteiger partial charge on any atom is -0.744 e. The van der Waals surface area contributed by atoms with Gasteiger partial charge >= 0.3 is 92.7 Å². The third-order valence-corrected chi connectivity index (χ3v) is 17.1. The molecule has 0 spiro atoms. The van der Waals surface area contributed by atoms with E-state index in [4.69, 9.17) is 74.8 Å². The van der Waals surface area contributed by atoms with Gasteiger partial charge in [-0.2, -0.15) is 0 Å². The van der Waals surface area contributed by atoms with Crippen LogP contribution in [0.25, 0.3) is 179 Å². The second kappa shape index (κ2) is 23.8. The molecule has 92 heavy (non-hydrogen) atoms. The van der Waals surface area contributed by atoms with Gasteiger partial charge in [0.05, 0.1) is 56.4 Å². The Balaban J connectivity index is 0.000000161. The SMILES string of the molecule is O=S(=O)([O-])c1ccc2c(c1)-c1nc-2nc2[n-]c(nc3nc(nc4[n-]c(n1)c1ccccc41)-c1ccccc1-3)c1ccccc21.O=S(=O)([O-])c1cccc2c1-c1nc-2nc2[n-]c(nc3nc(nc4[n-]c(n1)c1ccccc41)-c1ccccc1-3)c1ccccc21.[Co+2].[Co+2].[Na+].[Na+]. The molecule has 16 bridgehead atoms. The molecule has 0 unspecified atom stereocenters. The average Bonchev–Trinajstić information content (AvgIpc) is 1.60. The smallest absolute Gasteiger partial charge is 0.744 e. The van der Waals surface area contributed by atoms with Gasteiger partial charge in [0.1, 0.15) is 20.2 Å². The molecule has 6 aromatic heterocycles. The van der Waals surface area contributed by atoms with Crippen molar-refractivity contribution in [2.45, 2.75) is 9.79 Å². The van der Waals surface area contributed by atoms with E-state index in [1.807, 2.05) is 146 Å². The minimum absolute atomic E-state index is 0. The zero-order valence-electron chi connectivity index (χ0n) is 47.4. The van der Waals surface area contributed by atoms with Crippen molar-refractivity contribution in [2.24, 2.45) is 0 Å². The topological polar surface area (TPSA) is 325 Å². The van der Waals surface area contributed by atoms with E-state index in [0.29, 0.717) is 101 Å². The summed E-state index contributed by atoms with van der Waals surface area (Å²) in [5, 5.41) is 5.83. The summed E-state index contributed by atoms with van der Waals surface area (Å²) in [6.45, 7) is 0. The van der Waals surface area contributed by atoms with Crippen molar-refractivity contribution >= 4 is 109 Å².